The number of aromatic nitrogens is 2. The van der Waals surface area contributed by atoms with Crippen LogP contribution >= 0.6 is 0 Å². The number of hydrogen-bond acceptors (Lipinski definition) is 3. The molecule has 4 heteroatoms. The van der Waals surface area contributed by atoms with Gasteiger partial charge >= 0.3 is 0 Å². The van der Waals surface area contributed by atoms with Gasteiger partial charge in [-0.1, -0.05) is 20.8 Å². The van der Waals surface area contributed by atoms with E-state index in [1.807, 2.05) is 18.7 Å². The number of aryl methyl sites for hydroxylation is 2. The highest BCUT2D eigenvalue weighted by molar-refractivity contribution is 5.26. The van der Waals surface area contributed by atoms with Crippen LogP contribution < -0.4 is 5.32 Å². The van der Waals surface area contributed by atoms with E-state index >= 15 is 0 Å². The Hall–Kier alpha value is -0.870. The van der Waals surface area contributed by atoms with Crippen LogP contribution in [-0.4, -0.2) is 27.5 Å². The summed E-state index contributed by atoms with van der Waals surface area (Å²) in [7, 11) is 2.02. The van der Waals surface area contributed by atoms with Crippen molar-refractivity contribution in [3.8, 4) is 0 Å². The summed E-state index contributed by atoms with van der Waals surface area (Å²) in [6, 6.07) is 0. The van der Waals surface area contributed by atoms with Gasteiger partial charge in [0.2, 0.25) is 0 Å². The predicted molar refractivity (Wildman–Crippen MR) is 74.6 cm³/mol. The first kappa shape index (κ1) is 15.2. The van der Waals surface area contributed by atoms with Crippen molar-refractivity contribution in [2.24, 2.45) is 7.05 Å². The first-order valence-corrected chi connectivity index (χ1v) is 7.06. The van der Waals surface area contributed by atoms with Crippen molar-refractivity contribution in [2.75, 3.05) is 6.54 Å². The lowest BCUT2D eigenvalue weighted by Gasteiger charge is -2.10. The Bertz CT molecular complexity index is 360. The van der Waals surface area contributed by atoms with Gasteiger partial charge in [-0.05, 0) is 32.2 Å². The van der Waals surface area contributed by atoms with Crippen molar-refractivity contribution < 1.29 is 5.11 Å². The molecule has 0 aliphatic heterocycles. The molecular weight excluding hydrogens is 226 g/mol. The Morgan fingerprint density at radius 2 is 2.00 bits per heavy atom. The Morgan fingerprint density at radius 1 is 1.28 bits per heavy atom. The monoisotopic (exact) mass is 253 g/mol. The van der Waals surface area contributed by atoms with E-state index in [0.717, 1.165) is 38.8 Å². The van der Waals surface area contributed by atoms with Crippen LogP contribution in [0, 0.1) is 0 Å². The summed E-state index contributed by atoms with van der Waals surface area (Å²) in [6.45, 7) is 8.04. The van der Waals surface area contributed by atoms with E-state index in [1.165, 1.54) is 17.0 Å². The first-order chi connectivity index (χ1) is 8.63. The number of aliphatic hydroxyl groups is 1. The van der Waals surface area contributed by atoms with E-state index in [2.05, 4.69) is 24.3 Å². The van der Waals surface area contributed by atoms with Crippen LogP contribution in [0.3, 0.4) is 0 Å². The standard InChI is InChI=1S/C14H27N3O/c1-5-11(18)8-9-15-10-12-13(6-2)16-17(4)14(12)7-3/h11,15,18H,5-10H2,1-4H3. The molecule has 0 spiro atoms. The van der Waals surface area contributed by atoms with Gasteiger partial charge in [0, 0.05) is 24.8 Å². The van der Waals surface area contributed by atoms with Crippen LogP contribution in [0.15, 0.2) is 0 Å². The second-order valence-electron chi connectivity index (χ2n) is 4.73. The summed E-state index contributed by atoms with van der Waals surface area (Å²) in [4.78, 5) is 0. The van der Waals surface area contributed by atoms with Crippen molar-refractivity contribution in [1.29, 1.82) is 0 Å². The van der Waals surface area contributed by atoms with E-state index in [1.54, 1.807) is 0 Å². The predicted octanol–water partition coefficient (Wildman–Crippen LogP) is 1.80. The number of aliphatic hydroxyl groups excluding tert-OH is 1. The molecule has 18 heavy (non-hydrogen) atoms. The molecule has 0 fully saturated rings. The first-order valence-electron chi connectivity index (χ1n) is 7.06. The Balaban J connectivity index is 2.55. The van der Waals surface area contributed by atoms with Crippen molar-refractivity contribution in [2.45, 2.75) is 59.1 Å². The average molecular weight is 253 g/mol. The SMILES string of the molecule is CCc1nn(C)c(CC)c1CNCCC(O)CC. The van der Waals surface area contributed by atoms with Crippen molar-refractivity contribution >= 4 is 0 Å². The summed E-state index contributed by atoms with van der Waals surface area (Å²) in [5.41, 5.74) is 3.85. The highest BCUT2D eigenvalue weighted by Gasteiger charge is 2.12. The topological polar surface area (TPSA) is 50.1 Å². The van der Waals surface area contributed by atoms with Gasteiger partial charge in [0.25, 0.3) is 0 Å². The maximum atomic E-state index is 9.50. The number of nitrogens with one attached hydrogen (secondary N) is 1. The van der Waals surface area contributed by atoms with Gasteiger partial charge in [0.1, 0.15) is 0 Å². The smallest absolute Gasteiger partial charge is 0.0669 e. The molecular formula is C14H27N3O. The zero-order valence-electron chi connectivity index (χ0n) is 12.2. The lowest BCUT2D eigenvalue weighted by Crippen LogP contribution is -2.20. The Morgan fingerprint density at radius 3 is 2.56 bits per heavy atom. The second kappa shape index (κ2) is 7.54. The lowest BCUT2D eigenvalue weighted by molar-refractivity contribution is 0.159. The molecule has 1 rings (SSSR count). The summed E-state index contributed by atoms with van der Waals surface area (Å²) in [5, 5.41) is 17.5. The third kappa shape index (κ3) is 3.82. The summed E-state index contributed by atoms with van der Waals surface area (Å²) in [6.07, 6.45) is 3.46. The summed E-state index contributed by atoms with van der Waals surface area (Å²) in [5.74, 6) is 0. The molecule has 1 aromatic rings. The van der Waals surface area contributed by atoms with Crippen molar-refractivity contribution in [3.63, 3.8) is 0 Å². The van der Waals surface area contributed by atoms with E-state index in [-0.39, 0.29) is 6.10 Å². The number of rotatable bonds is 8. The molecule has 0 aliphatic rings. The quantitative estimate of drug-likeness (QED) is 0.695. The van der Waals surface area contributed by atoms with Gasteiger partial charge < -0.3 is 10.4 Å². The molecule has 2 N–H and O–H groups in total. The van der Waals surface area contributed by atoms with Crippen LogP contribution in [0.2, 0.25) is 0 Å². The third-order valence-electron chi connectivity index (χ3n) is 3.46. The van der Waals surface area contributed by atoms with E-state index in [4.69, 9.17) is 0 Å². The molecule has 104 valence electrons. The molecule has 0 saturated carbocycles. The van der Waals surface area contributed by atoms with Gasteiger partial charge in [-0.2, -0.15) is 5.10 Å². The van der Waals surface area contributed by atoms with Crippen molar-refractivity contribution in [3.05, 3.63) is 17.0 Å². The summed E-state index contributed by atoms with van der Waals surface area (Å²) >= 11 is 0. The summed E-state index contributed by atoms with van der Waals surface area (Å²) < 4.78 is 2.00. The molecule has 0 saturated heterocycles. The minimum absolute atomic E-state index is 0.178. The molecule has 1 atom stereocenters. The zero-order valence-corrected chi connectivity index (χ0v) is 12.2. The lowest BCUT2D eigenvalue weighted by atomic mass is 10.1. The van der Waals surface area contributed by atoms with E-state index in [9.17, 15) is 5.11 Å². The molecule has 0 radical (unpaired) electrons. The molecule has 1 aromatic heterocycles. The van der Waals surface area contributed by atoms with E-state index in [0.29, 0.717) is 0 Å². The highest BCUT2D eigenvalue weighted by atomic mass is 16.3. The zero-order chi connectivity index (χ0) is 13.5. The Kier molecular flexibility index (Phi) is 6.36. The van der Waals surface area contributed by atoms with Gasteiger partial charge in [0.15, 0.2) is 0 Å². The van der Waals surface area contributed by atoms with Gasteiger partial charge in [-0.3, -0.25) is 4.68 Å². The molecule has 4 nitrogen and oxygen atoms in total. The largest absolute Gasteiger partial charge is 0.393 e. The van der Waals surface area contributed by atoms with Crippen LogP contribution in [0.1, 0.15) is 50.6 Å². The maximum Gasteiger partial charge on any atom is 0.0669 e. The number of hydrogen-bond donors (Lipinski definition) is 2. The minimum Gasteiger partial charge on any atom is -0.393 e. The van der Waals surface area contributed by atoms with E-state index < -0.39 is 0 Å². The molecule has 1 unspecified atom stereocenters. The fourth-order valence-electron chi connectivity index (χ4n) is 2.28. The number of nitrogens with zero attached hydrogens (tertiary/aromatic N) is 2. The molecule has 0 aliphatic carbocycles. The second-order valence-corrected chi connectivity index (χ2v) is 4.73. The highest BCUT2D eigenvalue weighted by Crippen LogP contribution is 2.15. The van der Waals surface area contributed by atoms with Gasteiger partial charge in [-0.25, -0.2) is 0 Å². The molecule has 0 amide bonds. The fourth-order valence-corrected chi connectivity index (χ4v) is 2.28. The van der Waals surface area contributed by atoms with Crippen LogP contribution in [0.4, 0.5) is 0 Å². The van der Waals surface area contributed by atoms with Crippen LogP contribution in [0.5, 0.6) is 0 Å². The minimum atomic E-state index is -0.178. The average Bonchev–Trinajstić information content (AvgIpc) is 2.69. The normalized spacial score (nSPS) is 12.9. The van der Waals surface area contributed by atoms with Crippen LogP contribution in [-0.2, 0) is 26.4 Å². The van der Waals surface area contributed by atoms with Gasteiger partial charge in [-0.15, -0.1) is 0 Å². The van der Waals surface area contributed by atoms with Crippen LogP contribution in [0.25, 0.3) is 0 Å². The third-order valence-corrected chi connectivity index (χ3v) is 3.46. The maximum absolute atomic E-state index is 9.50. The van der Waals surface area contributed by atoms with Crippen molar-refractivity contribution in [1.82, 2.24) is 15.1 Å². The molecule has 0 aromatic carbocycles. The van der Waals surface area contributed by atoms with Gasteiger partial charge in [0.05, 0.1) is 11.8 Å². The molecule has 1 heterocycles. The fraction of sp³-hybridized carbons (Fsp3) is 0.786. The molecule has 0 bridgehead atoms. The Labute approximate surface area is 110 Å².